The summed E-state index contributed by atoms with van der Waals surface area (Å²) in [4.78, 5) is 12.1. The van der Waals surface area contributed by atoms with E-state index in [4.69, 9.17) is 9.47 Å². The Bertz CT molecular complexity index is 607. The molecule has 20 heavy (non-hydrogen) atoms. The summed E-state index contributed by atoms with van der Waals surface area (Å²) in [6.07, 6.45) is 0.348. The van der Waals surface area contributed by atoms with Gasteiger partial charge in [-0.15, -0.1) is 0 Å². The smallest absolute Gasteiger partial charge is 0.313 e. The first-order valence-electron chi connectivity index (χ1n) is 6.67. The molecule has 1 heterocycles. The maximum atomic E-state index is 12.1. The van der Waals surface area contributed by atoms with E-state index in [1.54, 1.807) is 0 Å². The normalized spacial score (nSPS) is 20.6. The second kappa shape index (κ2) is 5.37. The molecule has 0 bridgehead atoms. The fourth-order valence-electron chi connectivity index (χ4n) is 2.65. The van der Waals surface area contributed by atoms with Crippen molar-refractivity contribution >= 4 is 5.97 Å². The first-order valence-corrected chi connectivity index (χ1v) is 6.67. The van der Waals surface area contributed by atoms with E-state index in [9.17, 15) is 4.79 Å². The van der Waals surface area contributed by atoms with Gasteiger partial charge in [0.05, 0.1) is 7.11 Å². The predicted octanol–water partition coefficient (Wildman–Crippen LogP) is 3.15. The van der Waals surface area contributed by atoms with Crippen molar-refractivity contribution in [2.24, 2.45) is 5.92 Å². The average Bonchev–Trinajstić information content (AvgIpc) is 2.53. The highest BCUT2D eigenvalue weighted by Gasteiger charge is 2.36. The van der Waals surface area contributed by atoms with Crippen molar-refractivity contribution in [1.29, 1.82) is 0 Å². The van der Waals surface area contributed by atoms with Crippen LogP contribution in [-0.4, -0.2) is 13.1 Å². The van der Waals surface area contributed by atoms with Gasteiger partial charge >= 0.3 is 5.97 Å². The van der Waals surface area contributed by atoms with Crippen LogP contribution in [0.4, 0.5) is 0 Å². The topological polar surface area (TPSA) is 35.5 Å². The minimum absolute atomic E-state index is 0.228. The summed E-state index contributed by atoms with van der Waals surface area (Å²) >= 11 is 0. The largest absolute Gasteiger partial charge is 0.485 e. The number of methoxy groups -OCH3 is 1. The minimum atomic E-state index is -0.308. The van der Waals surface area contributed by atoms with E-state index in [2.05, 4.69) is 0 Å². The number of fused-ring (bicyclic) bond motifs is 1. The Morgan fingerprint density at radius 2 is 1.80 bits per heavy atom. The molecular formula is C17H16O3. The number of carbonyl (C=O) groups excluding carboxylic acids is 1. The van der Waals surface area contributed by atoms with Crippen molar-refractivity contribution in [2.45, 2.75) is 12.5 Å². The molecule has 0 N–H and O–H groups in total. The number of hydrogen-bond donors (Lipinski definition) is 0. The molecule has 0 aromatic heterocycles. The van der Waals surface area contributed by atoms with Crippen LogP contribution in [0.25, 0.3) is 0 Å². The highest BCUT2D eigenvalue weighted by Crippen LogP contribution is 2.39. The van der Waals surface area contributed by atoms with Crippen molar-refractivity contribution in [2.75, 3.05) is 7.11 Å². The van der Waals surface area contributed by atoms with Crippen LogP contribution in [0.15, 0.2) is 54.6 Å². The molecule has 0 radical (unpaired) electrons. The molecule has 0 saturated carbocycles. The number of hydrogen-bond acceptors (Lipinski definition) is 3. The first-order chi connectivity index (χ1) is 9.79. The Kier molecular flexibility index (Phi) is 3.42. The van der Waals surface area contributed by atoms with Gasteiger partial charge in [-0.1, -0.05) is 48.5 Å². The van der Waals surface area contributed by atoms with Crippen LogP contribution in [0.2, 0.25) is 0 Å². The van der Waals surface area contributed by atoms with E-state index < -0.39 is 0 Å². The van der Waals surface area contributed by atoms with Gasteiger partial charge in [-0.2, -0.15) is 0 Å². The molecule has 2 aromatic carbocycles. The van der Waals surface area contributed by atoms with Gasteiger partial charge in [0.15, 0.2) is 0 Å². The van der Waals surface area contributed by atoms with Gasteiger partial charge in [-0.25, -0.2) is 0 Å². The average molecular weight is 268 g/mol. The van der Waals surface area contributed by atoms with Crippen molar-refractivity contribution in [3.8, 4) is 5.75 Å². The van der Waals surface area contributed by atoms with E-state index in [0.717, 1.165) is 16.9 Å². The highest BCUT2D eigenvalue weighted by atomic mass is 16.5. The molecule has 3 heteroatoms. The molecule has 0 unspecified atom stereocenters. The zero-order valence-corrected chi connectivity index (χ0v) is 11.3. The van der Waals surface area contributed by atoms with Crippen molar-refractivity contribution in [3.05, 3.63) is 65.7 Å². The molecule has 102 valence electrons. The Balaban J connectivity index is 2.00. The van der Waals surface area contributed by atoms with E-state index in [0.29, 0.717) is 6.42 Å². The fraction of sp³-hybridized carbons (Fsp3) is 0.235. The quantitative estimate of drug-likeness (QED) is 0.785. The molecule has 3 rings (SSSR count). The molecule has 0 amide bonds. The summed E-state index contributed by atoms with van der Waals surface area (Å²) in [5, 5.41) is 0. The van der Waals surface area contributed by atoms with Gasteiger partial charge in [0, 0.05) is 0 Å². The number of esters is 1. The summed E-state index contributed by atoms with van der Waals surface area (Å²) in [5.74, 6) is 0.312. The lowest BCUT2D eigenvalue weighted by atomic mass is 9.87. The molecule has 3 nitrogen and oxygen atoms in total. The zero-order chi connectivity index (χ0) is 13.9. The van der Waals surface area contributed by atoms with E-state index >= 15 is 0 Å². The molecule has 0 saturated heterocycles. The molecule has 0 fully saturated rings. The molecule has 1 aliphatic rings. The van der Waals surface area contributed by atoms with Gasteiger partial charge < -0.3 is 9.47 Å². The second-order valence-corrected chi connectivity index (χ2v) is 4.89. The van der Waals surface area contributed by atoms with Gasteiger partial charge in [0.1, 0.15) is 17.8 Å². The highest BCUT2D eigenvalue weighted by molar-refractivity contribution is 5.74. The van der Waals surface area contributed by atoms with Crippen LogP contribution in [0.3, 0.4) is 0 Å². The van der Waals surface area contributed by atoms with Crippen LogP contribution in [0, 0.1) is 5.92 Å². The number of ether oxygens (including phenoxy) is 2. The van der Waals surface area contributed by atoms with Crippen LogP contribution >= 0.6 is 0 Å². The minimum Gasteiger partial charge on any atom is -0.485 e. The molecule has 1 aliphatic heterocycles. The van der Waals surface area contributed by atoms with E-state index in [-0.39, 0.29) is 18.0 Å². The summed E-state index contributed by atoms with van der Waals surface area (Å²) in [7, 11) is 1.42. The van der Waals surface area contributed by atoms with E-state index in [1.165, 1.54) is 7.11 Å². The Hall–Kier alpha value is -2.29. The number of carbonyl (C=O) groups is 1. The molecule has 0 spiro atoms. The van der Waals surface area contributed by atoms with Gasteiger partial charge in [0.2, 0.25) is 0 Å². The Morgan fingerprint density at radius 1 is 1.10 bits per heavy atom. The third-order valence-electron chi connectivity index (χ3n) is 3.66. The molecule has 2 aromatic rings. The van der Waals surface area contributed by atoms with Gasteiger partial charge in [-0.05, 0) is 23.6 Å². The van der Waals surface area contributed by atoms with Gasteiger partial charge in [-0.3, -0.25) is 4.79 Å². The van der Waals surface area contributed by atoms with Crippen molar-refractivity contribution in [3.63, 3.8) is 0 Å². The van der Waals surface area contributed by atoms with Crippen LogP contribution < -0.4 is 4.74 Å². The third kappa shape index (κ3) is 2.27. The first kappa shape index (κ1) is 12.7. The Labute approximate surface area is 118 Å². The fourth-order valence-corrected chi connectivity index (χ4v) is 2.65. The maximum Gasteiger partial charge on any atom is 0.313 e. The van der Waals surface area contributed by atoms with Crippen molar-refractivity contribution < 1.29 is 14.3 Å². The standard InChI is InChI=1S/C17H16O3/c1-19-17(18)14-11-13-9-5-6-10-15(13)20-16(14)12-7-3-2-4-8-12/h2-10,14,16H,11H2,1H3/t14-,16-/m0/s1. The number of rotatable bonds is 2. The molecule has 0 aliphatic carbocycles. The van der Waals surface area contributed by atoms with Crippen LogP contribution in [0.5, 0.6) is 5.75 Å². The summed E-state index contributed by atoms with van der Waals surface area (Å²) in [6, 6.07) is 17.7. The van der Waals surface area contributed by atoms with Gasteiger partial charge in [0.25, 0.3) is 0 Å². The Morgan fingerprint density at radius 3 is 2.55 bits per heavy atom. The monoisotopic (exact) mass is 268 g/mol. The molecular weight excluding hydrogens is 252 g/mol. The lowest BCUT2D eigenvalue weighted by Crippen LogP contribution is -2.32. The van der Waals surface area contributed by atoms with Crippen LogP contribution in [-0.2, 0) is 16.0 Å². The summed E-state index contributed by atoms with van der Waals surface area (Å²) in [6.45, 7) is 0. The summed E-state index contributed by atoms with van der Waals surface area (Å²) < 4.78 is 11.0. The SMILES string of the molecule is COC(=O)[C@H]1Cc2ccccc2O[C@H]1c1ccccc1. The predicted molar refractivity (Wildman–Crippen MR) is 75.5 cm³/mol. The second-order valence-electron chi connectivity index (χ2n) is 4.89. The third-order valence-corrected chi connectivity index (χ3v) is 3.66. The number of benzene rings is 2. The lowest BCUT2D eigenvalue weighted by molar-refractivity contribution is -0.149. The summed E-state index contributed by atoms with van der Waals surface area (Å²) in [5.41, 5.74) is 2.05. The maximum absolute atomic E-state index is 12.1. The van der Waals surface area contributed by atoms with Crippen LogP contribution in [0.1, 0.15) is 17.2 Å². The van der Waals surface area contributed by atoms with Crippen molar-refractivity contribution in [1.82, 2.24) is 0 Å². The molecule has 2 atom stereocenters. The van der Waals surface area contributed by atoms with E-state index in [1.807, 2.05) is 54.6 Å². The number of para-hydroxylation sites is 1. The zero-order valence-electron chi connectivity index (χ0n) is 11.3. The lowest BCUT2D eigenvalue weighted by Gasteiger charge is -2.32.